The molecule has 2 heterocycles. The summed E-state index contributed by atoms with van der Waals surface area (Å²) in [5.74, 6) is -0.289. The predicted octanol–water partition coefficient (Wildman–Crippen LogP) is 0.923. The van der Waals surface area contributed by atoms with Crippen LogP contribution in [0.3, 0.4) is 0 Å². The van der Waals surface area contributed by atoms with E-state index in [1.54, 1.807) is 0 Å². The molecule has 0 fully saturated rings. The number of fused-ring (bicyclic) bond motifs is 3. The molecule has 1 atom stereocenters. The van der Waals surface area contributed by atoms with Gasteiger partial charge in [0, 0.05) is 33.1 Å². The number of nitrogens with one attached hydrogen (secondary N) is 2. The van der Waals surface area contributed by atoms with Crippen LogP contribution >= 0.6 is 34.8 Å². The summed E-state index contributed by atoms with van der Waals surface area (Å²) in [5, 5.41) is 8.29. The normalized spacial score (nSPS) is 21.0. The zero-order valence-corrected chi connectivity index (χ0v) is 14.1. The molecule has 0 bridgehead atoms. The van der Waals surface area contributed by atoms with Gasteiger partial charge in [0.15, 0.2) is 17.4 Å². The number of amidine groups is 1. The minimum absolute atomic E-state index is 0.0758. The third kappa shape index (κ3) is 2.02. The van der Waals surface area contributed by atoms with Crippen LogP contribution in [0, 0.1) is 9.49 Å². The Morgan fingerprint density at radius 3 is 2.91 bits per heavy atom. The molecule has 1 aromatic heterocycles. The highest BCUT2D eigenvalue weighted by Gasteiger charge is 2.40. The number of hydrogen-bond donors (Lipinski definition) is 3. The van der Waals surface area contributed by atoms with E-state index in [1.165, 1.54) is 5.43 Å². The zero-order valence-electron chi connectivity index (χ0n) is 11.1. The second-order valence-electron chi connectivity index (χ2n) is 5.24. The Bertz CT molecular complexity index is 902. The number of hydrogen-bond acceptors (Lipinski definition) is 4. The lowest BCUT2D eigenvalue weighted by molar-refractivity contribution is -0.538. The average Bonchev–Trinajstić information content (AvgIpc) is 3.06. The topological polar surface area (TPSA) is 90.9 Å². The Hall–Kier alpha value is -1.65. The summed E-state index contributed by atoms with van der Waals surface area (Å²) in [7, 11) is 0. The van der Waals surface area contributed by atoms with Gasteiger partial charge in [0.25, 0.3) is 5.11 Å². The van der Waals surface area contributed by atoms with Gasteiger partial charge in [-0.3, -0.25) is 14.9 Å². The highest BCUT2D eigenvalue weighted by Crippen LogP contribution is 2.33. The van der Waals surface area contributed by atoms with Crippen LogP contribution in [-0.4, -0.2) is 27.5 Å². The zero-order chi connectivity index (χ0) is 15.4. The number of carbonyl (C=O) groups excluding carboxylic acids is 2. The van der Waals surface area contributed by atoms with Gasteiger partial charge >= 0.3 is 0 Å². The predicted molar refractivity (Wildman–Crippen MR) is 92.9 cm³/mol. The SMILES string of the molecule is O=C1CC(C2=N[NH2+]C(=S)N2)C(=O)c2c1[nH]c1ccc(I)cc21. The van der Waals surface area contributed by atoms with Crippen molar-refractivity contribution in [3.05, 3.63) is 33.0 Å². The van der Waals surface area contributed by atoms with Crippen molar-refractivity contribution in [1.29, 1.82) is 0 Å². The lowest BCUT2D eigenvalue weighted by Gasteiger charge is -2.18. The monoisotopic (exact) mass is 425 g/mol. The minimum Gasteiger partial charge on any atom is -0.351 e. The van der Waals surface area contributed by atoms with E-state index >= 15 is 0 Å². The summed E-state index contributed by atoms with van der Waals surface area (Å²) in [6.07, 6.45) is 0.109. The maximum Gasteiger partial charge on any atom is 0.298 e. The van der Waals surface area contributed by atoms with Gasteiger partial charge in [-0.25, -0.2) is 0 Å². The van der Waals surface area contributed by atoms with E-state index < -0.39 is 5.92 Å². The van der Waals surface area contributed by atoms with Gasteiger partial charge in [0.05, 0.1) is 17.2 Å². The highest BCUT2D eigenvalue weighted by atomic mass is 127. The number of ketones is 2. The number of aromatic nitrogens is 1. The van der Waals surface area contributed by atoms with Gasteiger partial charge in [-0.15, -0.1) is 0 Å². The lowest BCUT2D eigenvalue weighted by Crippen LogP contribution is -2.81. The number of carbonyl (C=O) groups is 2. The second-order valence-corrected chi connectivity index (χ2v) is 6.93. The first kappa shape index (κ1) is 14.0. The Labute approximate surface area is 143 Å². The Morgan fingerprint density at radius 2 is 2.18 bits per heavy atom. The Morgan fingerprint density at radius 1 is 1.36 bits per heavy atom. The van der Waals surface area contributed by atoms with Crippen LogP contribution < -0.4 is 10.7 Å². The number of Topliss-reactive ketones (excluding diaryl/α,β-unsaturated/α-hetero) is 2. The molecule has 2 aliphatic rings. The molecule has 1 aliphatic heterocycles. The molecule has 0 saturated heterocycles. The van der Waals surface area contributed by atoms with Crippen LogP contribution in [0.15, 0.2) is 23.3 Å². The number of aromatic amines is 1. The largest absolute Gasteiger partial charge is 0.351 e. The summed E-state index contributed by atoms with van der Waals surface area (Å²) < 4.78 is 1.01. The molecule has 4 rings (SSSR count). The number of benzene rings is 1. The standard InChI is InChI=1S/C14H9IN4O2S/c15-5-1-2-8-6(3-5)10-11(16-8)9(20)4-7(12(10)21)13-17-14(22)19-18-13/h1-3,7,16H,4H2,(H2,17,18,19,22)/p+1. The van der Waals surface area contributed by atoms with Crippen molar-refractivity contribution >= 4 is 68.2 Å². The van der Waals surface area contributed by atoms with Crippen molar-refractivity contribution in [2.75, 3.05) is 0 Å². The van der Waals surface area contributed by atoms with Crippen molar-refractivity contribution in [3.63, 3.8) is 0 Å². The molecule has 0 saturated carbocycles. The number of nitrogens with zero attached hydrogens (tertiary/aromatic N) is 1. The number of H-pyrrole nitrogens is 1. The molecule has 1 unspecified atom stereocenters. The van der Waals surface area contributed by atoms with Gasteiger partial charge in [0.2, 0.25) is 0 Å². The first-order chi connectivity index (χ1) is 10.5. The summed E-state index contributed by atoms with van der Waals surface area (Å²) in [6, 6.07) is 5.74. The van der Waals surface area contributed by atoms with E-state index in [1.807, 2.05) is 18.2 Å². The smallest absolute Gasteiger partial charge is 0.298 e. The molecule has 4 N–H and O–H groups in total. The quantitative estimate of drug-likeness (QED) is 0.360. The molecule has 6 nitrogen and oxygen atoms in total. The van der Waals surface area contributed by atoms with Crippen LogP contribution in [0.25, 0.3) is 10.9 Å². The van der Waals surface area contributed by atoms with E-state index in [9.17, 15) is 9.59 Å². The lowest BCUT2D eigenvalue weighted by atomic mass is 9.83. The summed E-state index contributed by atoms with van der Waals surface area (Å²) in [6.45, 7) is 0. The third-order valence-electron chi connectivity index (χ3n) is 3.89. The van der Waals surface area contributed by atoms with E-state index in [2.05, 4.69) is 38.0 Å². The van der Waals surface area contributed by atoms with Gasteiger partial charge in [-0.05, 0) is 40.8 Å². The van der Waals surface area contributed by atoms with E-state index in [0.717, 1.165) is 14.5 Å². The number of halogens is 1. The molecule has 8 heteroatoms. The first-order valence-electron chi connectivity index (χ1n) is 6.65. The molecule has 110 valence electrons. The second kappa shape index (κ2) is 4.93. The van der Waals surface area contributed by atoms with Crippen LogP contribution in [-0.2, 0) is 0 Å². The number of thiocarbonyl (C=S) groups is 1. The van der Waals surface area contributed by atoms with Crippen LogP contribution in [0.2, 0.25) is 0 Å². The molecule has 1 aromatic carbocycles. The third-order valence-corrected chi connectivity index (χ3v) is 4.77. The summed E-state index contributed by atoms with van der Waals surface area (Å²) in [5.41, 5.74) is 3.17. The van der Waals surface area contributed by atoms with Crippen LogP contribution in [0.4, 0.5) is 0 Å². The molecule has 0 radical (unpaired) electrons. The van der Waals surface area contributed by atoms with Crippen molar-refractivity contribution in [2.45, 2.75) is 6.42 Å². The van der Waals surface area contributed by atoms with E-state index in [-0.39, 0.29) is 18.0 Å². The molecule has 0 amide bonds. The van der Waals surface area contributed by atoms with Gasteiger partial charge in [-0.2, -0.15) is 5.43 Å². The van der Waals surface area contributed by atoms with Crippen molar-refractivity contribution in [3.8, 4) is 0 Å². The van der Waals surface area contributed by atoms with Gasteiger partial charge < -0.3 is 4.98 Å². The molecular weight excluding hydrogens is 415 g/mol. The minimum atomic E-state index is -0.589. The van der Waals surface area contributed by atoms with Crippen molar-refractivity contribution in [1.82, 2.24) is 10.3 Å². The fourth-order valence-corrected chi connectivity index (χ4v) is 3.55. The number of nitrogens with two attached hydrogens (primary N) is 1. The maximum atomic E-state index is 12.9. The molecule has 0 spiro atoms. The maximum absolute atomic E-state index is 12.9. The molecule has 2 aromatic rings. The van der Waals surface area contributed by atoms with E-state index in [4.69, 9.17) is 12.2 Å². The van der Waals surface area contributed by atoms with Crippen molar-refractivity contribution < 1.29 is 15.0 Å². The van der Waals surface area contributed by atoms with Crippen LogP contribution in [0.5, 0.6) is 0 Å². The fraction of sp³-hybridized carbons (Fsp3) is 0.143. The number of rotatable bonds is 1. The van der Waals surface area contributed by atoms with Gasteiger partial charge in [0.1, 0.15) is 0 Å². The van der Waals surface area contributed by atoms with E-state index in [0.29, 0.717) is 22.2 Å². The first-order valence-corrected chi connectivity index (χ1v) is 8.14. The summed E-state index contributed by atoms with van der Waals surface area (Å²) in [4.78, 5) is 28.4. The number of quaternary nitrogens is 1. The molecule has 1 aliphatic carbocycles. The summed E-state index contributed by atoms with van der Waals surface area (Å²) >= 11 is 7.19. The van der Waals surface area contributed by atoms with Gasteiger partial charge in [-0.1, -0.05) is 5.10 Å². The Balaban J connectivity index is 1.88. The molecule has 22 heavy (non-hydrogen) atoms. The molecular formula is C14H10IN4O2S+. The van der Waals surface area contributed by atoms with Crippen LogP contribution in [0.1, 0.15) is 27.3 Å². The van der Waals surface area contributed by atoms with Crippen molar-refractivity contribution in [2.24, 2.45) is 11.0 Å². The fourth-order valence-electron chi connectivity index (χ4n) is 2.90. The Kier molecular flexibility index (Phi) is 3.13. The average molecular weight is 425 g/mol. The highest BCUT2D eigenvalue weighted by molar-refractivity contribution is 14.1.